The number of hydrogen-bond donors (Lipinski definition) is 1. The first-order chi connectivity index (χ1) is 7.74. The second-order valence-electron chi connectivity index (χ2n) is 4.70. The van der Waals surface area contributed by atoms with Crippen molar-refractivity contribution in [3.05, 3.63) is 30.1 Å². The molecular formula is C14H24N2. The van der Waals surface area contributed by atoms with E-state index in [1.807, 2.05) is 12.4 Å². The van der Waals surface area contributed by atoms with Gasteiger partial charge in [-0.15, -0.1) is 0 Å². The standard InChI is InChI=1S/C14H24N2/c1-4-9-16-14(12(2)3)6-5-13-7-10-15-11-8-13/h7-8,10-12,14,16H,4-6,9H2,1-3H3. The van der Waals surface area contributed by atoms with Gasteiger partial charge in [-0.2, -0.15) is 0 Å². The van der Waals surface area contributed by atoms with E-state index in [9.17, 15) is 0 Å². The summed E-state index contributed by atoms with van der Waals surface area (Å²) in [5.74, 6) is 0.702. The fourth-order valence-corrected chi connectivity index (χ4v) is 1.87. The number of nitrogens with one attached hydrogen (secondary N) is 1. The number of nitrogens with zero attached hydrogens (tertiary/aromatic N) is 1. The van der Waals surface area contributed by atoms with E-state index in [4.69, 9.17) is 0 Å². The van der Waals surface area contributed by atoms with Gasteiger partial charge in [-0.3, -0.25) is 4.98 Å². The van der Waals surface area contributed by atoms with Gasteiger partial charge in [0.15, 0.2) is 0 Å². The zero-order valence-electron chi connectivity index (χ0n) is 10.7. The molecule has 0 aliphatic heterocycles. The fraction of sp³-hybridized carbons (Fsp3) is 0.643. The van der Waals surface area contributed by atoms with Crippen LogP contribution >= 0.6 is 0 Å². The highest BCUT2D eigenvalue weighted by Crippen LogP contribution is 2.10. The van der Waals surface area contributed by atoms with E-state index in [-0.39, 0.29) is 0 Å². The lowest BCUT2D eigenvalue weighted by Gasteiger charge is -2.22. The van der Waals surface area contributed by atoms with Gasteiger partial charge in [-0.25, -0.2) is 0 Å². The van der Waals surface area contributed by atoms with Crippen molar-refractivity contribution in [2.75, 3.05) is 6.54 Å². The van der Waals surface area contributed by atoms with Gasteiger partial charge in [0.05, 0.1) is 0 Å². The van der Waals surface area contributed by atoms with Gasteiger partial charge in [-0.05, 0) is 49.4 Å². The number of aromatic nitrogens is 1. The van der Waals surface area contributed by atoms with Gasteiger partial charge in [0.2, 0.25) is 0 Å². The van der Waals surface area contributed by atoms with Gasteiger partial charge in [0.25, 0.3) is 0 Å². The van der Waals surface area contributed by atoms with E-state index >= 15 is 0 Å². The van der Waals surface area contributed by atoms with Gasteiger partial charge in [-0.1, -0.05) is 20.8 Å². The Balaban J connectivity index is 2.38. The third kappa shape index (κ3) is 4.75. The van der Waals surface area contributed by atoms with Crippen LogP contribution in [0.2, 0.25) is 0 Å². The summed E-state index contributed by atoms with van der Waals surface area (Å²) in [4.78, 5) is 4.04. The minimum atomic E-state index is 0.633. The van der Waals surface area contributed by atoms with Gasteiger partial charge >= 0.3 is 0 Å². The zero-order valence-corrected chi connectivity index (χ0v) is 10.7. The Morgan fingerprint density at radius 2 is 1.94 bits per heavy atom. The molecule has 2 heteroatoms. The van der Waals surface area contributed by atoms with Crippen LogP contribution in [0, 0.1) is 5.92 Å². The molecule has 90 valence electrons. The average molecular weight is 220 g/mol. The van der Waals surface area contributed by atoms with Crippen LogP contribution in [0.5, 0.6) is 0 Å². The van der Waals surface area contributed by atoms with E-state index in [1.54, 1.807) is 0 Å². The second-order valence-corrected chi connectivity index (χ2v) is 4.70. The summed E-state index contributed by atoms with van der Waals surface area (Å²) >= 11 is 0. The molecule has 1 N–H and O–H groups in total. The molecule has 0 radical (unpaired) electrons. The molecule has 1 atom stereocenters. The molecule has 0 aliphatic carbocycles. The Kier molecular flexibility index (Phi) is 6.09. The van der Waals surface area contributed by atoms with Crippen LogP contribution in [-0.2, 0) is 6.42 Å². The first-order valence-electron chi connectivity index (χ1n) is 6.36. The van der Waals surface area contributed by atoms with Crippen LogP contribution in [0.15, 0.2) is 24.5 Å². The zero-order chi connectivity index (χ0) is 11.8. The summed E-state index contributed by atoms with van der Waals surface area (Å²) in [5.41, 5.74) is 1.39. The summed E-state index contributed by atoms with van der Waals surface area (Å²) in [7, 11) is 0. The third-order valence-corrected chi connectivity index (χ3v) is 2.95. The lowest BCUT2D eigenvalue weighted by atomic mass is 9.97. The first kappa shape index (κ1) is 13.2. The molecule has 1 unspecified atom stereocenters. The molecule has 0 amide bonds. The molecular weight excluding hydrogens is 196 g/mol. The molecule has 1 rings (SSSR count). The van der Waals surface area contributed by atoms with E-state index in [2.05, 4.69) is 43.2 Å². The number of hydrogen-bond acceptors (Lipinski definition) is 2. The summed E-state index contributed by atoms with van der Waals surface area (Å²) < 4.78 is 0. The minimum absolute atomic E-state index is 0.633. The van der Waals surface area contributed by atoms with Crippen molar-refractivity contribution in [2.45, 2.75) is 46.1 Å². The van der Waals surface area contributed by atoms with Crippen LogP contribution in [0.25, 0.3) is 0 Å². The maximum absolute atomic E-state index is 4.04. The van der Waals surface area contributed by atoms with Crippen molar-refractivity contribution < 1.29 is 0 Å². The third-order valence-electron chi connectivity index (χ3n) is 2.95. The molecule has 0 spiro atoms. The molecule has 0 aromatic carbocycles. The van der Waals surface area contributed by atoms with E-state index in [1.165, 1.54) is 18.4 Å². The summed E-state index contributed by atoms with van der Waals surface area (Å²) in [6, 6.07) is 4.85. The van der Waals surface area contributed by atoms with E-state index < -0.39 is 0 Å². The molecule has 0 aliphatic rings. The number of aryl methyl sites for hydroxylation is 1. The highest BCUT2D eigenvalue weighted by Gasteiger charge is 2.11. The summed E-state index contributed by atoms with van der Waals surface area (Å²) in [6.07, 6.45) is 7.31. The van der Waals surface area contributed by atoms with Crippen molar-refractivity contribution in [2.24, 2.45) is 5.92 Å². The number of pyridine rings is 1. The van der Waals surface area contributed by atoms with Crippen LogP contribution in [0.3, 0.4) is 0 Å². The Bertz CT molecular complexity index is 269. The Morgan fingerprint density at radius 1 is 1.25 bits per heavy atom. The SMILES string of the molecule is CCCNC(CCc1ccncc1)C(C)C. The predicted octanol–water partition coefficient (Wildman–Crippen LogP) is 3.04. The average Bonchev–Trinajstić information content (AvgIpc) is 2.30. The molecule has 1 aromatic rings. The van der Waals surface area contributed by atoms with E-state index in [0.717, 1.165) is 13.0 Å². The molecule has 0 saturated heterocycles. The van der Waals surface area contributed by atoms with Crippen LogP contribution in [-0.4, -0.2) is 17.6 Å². The number of rotatable bonds is 7. The predicted molar refractivity (Wildman–Crippen MR) is 69.5 cm³/mol. The quantitative estimate of drug-likeness (QED) is 0.764. The molecule has 16 heavy (non-hydrogen) atoms. The molecule has 1 aromatic heterocycles. The molecule has 1 heterocycles. The highest BCUT2D eigenvalue weighted by atomic mass is 14.9. The molecule has 0 bridgehead atoms. The van der Waals surface area contributed by atoms with Gasteiger partial charge < -0.3 is 5.32 Å². The van der Waals surface area contributed by atoms with Crippen molar-refractivity contribution in [1.29, 1.82) is 0 Å². The van der Waals surface area contributed by atoms with Gasteiger partial charge in [0.1, 0.15) is 0 Å². The van der Waals surface area contributed by atoms with E-state index in [0.29, 0.717) is 12.0 Å². The summed E-state index contributed by atoms with van der Waals surface area (Å²) in [6.45, 7) is 7.92. The van der Waals surface area contributed by atoms with Crippen molar-refractivity contribution >= 4 is 0 Å². The van der Waals surface area contributed by atoms with Crippen LogP contribution in [0.1, 0.15) is 39.2 Å². The van der Waals surface area contributed by atoms with Gasteiger partial charge in [0, 0.05) is 18.4 Å². The van der Waals surface area contributed by atoms with Crippen molar-refractivity contribution in [3.63, 3.8) is 0 Å². The lowest BCUT2D eigenvalue weighted by molar-refractivity contribution is 0.378. The monoisotopic (exact) mass is 220 g/mol. The largest absolute Gasteiger partial charge is 0.314 e. The van der Waals surface area contributed by atoms with Crippen molar-refractivity contribution in [3.8, 4) is 0 Å². The topological polar surface area (TPSA) is 24.9 Å². The first-order valence-corrected chi connectivity index (χ1v) is 6.36. The second kappa shape index (κ2) is 7.39. The minimum Gasteiger partial charge on any atom is -0.314 e. The highest BCUT2D eigenvalue weighted by molar-refractivity contribution is 5.09. The maximum Gasteiger partial charge on any atom is 0.0270 e. The maximum atomic E-state index is 4.04. The molecule has 0 saturated carbocycles. The Labute approximate surface area is 99.5 Å². The lowest BCUT2D eigenvalue weighted by Crippen LogP contribution is -2.34. The molecule has 2 nitrogen and oxygen atoms in total. The Morgan fingerprint density at radius 3 is 2.50 bits per heavy atom. The van der Waals surface area contributed by atoms with Crippen molar-refractivity contribution in [1.82, 2.24) is 10.3 Å². The van der Waals surface area contributed by atoms with Crippen LogP contribution in [0.4, 0.5) is 0 Å². The van der Waals surface area contributed by atoms with Crippen LogP contribution < -0.4 is 5.32 Å². The normalized spacial score (nSPS) is 13.0. The molecule has 0 fully saturated rings. The smallest absolute Gasteiger partial charge is 0.0270 e. The Hall–Kier alpha value is -0.890. The fourth-order valence-electron chi connectivity index (χ4n) is 1.87. The summed E-state index contributed by atoms with van der Waals surface area (Å²) in [5, 5.41) is 3.62.